The number of anilines is 1. The molecule has 2 heterocycles. The predicted molar refractivity (Wildman–Crippen MR) is 116 cm³/mol. The molecule has 0 aliphatic carbocycles. The molecule has 1 N–H and O–H groups in total. The molecular formula is C22H22N4O2S. The Labute approximate surface area is 173 Å². The number of hydrogen-bond acceptors (Lipinski definition) is 5. The molecule has 0 aliphatic rings. The highest BCUT2D eigenvalue weighted by molar-refractivity contribution is 7.99. The summed E-state index contributed by atoms with van der Waals surface area (Å²) in [6.07, 6.45) is 0. The van der Waals surface area contributed by atoms with Crippen LogP contribution in [0.5, 0.6) is 0 Å². The summed E-state index contributed by atoms with van der Waals surface area (Å²) >= 11 is 1.37. The van der Waals surface area contributed by atoms with Crippen LogP contribution < -0.4 is 5.32 Å². The van der Waals surface area contributed by atoms with E-state index in [0.717, 1.165) is 27.8 Å². The van der Waals surface area contributed by atoms with Gasteiger partial charge in [-0.05, 0) is 50.1 Å². The van der Waals surface area contributed by atoms with Crippen LogP contribution in [0.15, 0.2) is 58.1 Å². The number of rotatable bonds is 6. The Morgan fingerprint density at radius 2 is 1.97 bits per heavy atom. The fourth-order valence-electron chi connectivity index (χ4n) is 3.16. The van der Waals surface area contributed by atoms with Gasteiger partial charge >= 0.3 is 0 Å². The minimum atomic E-state index is -0.0698. The van der Waals surface area contributed by atoms with E-state index < -0.39 is 0 Å². The summed E-state index contributed by atoms with van der Waals surface area (Å²) < 4.78 is 7.89. The largest absolute Gasteiger partial charge is 0.453 e. The summed E-state index contributed by atoms with van der Waals surface area (Å²) in [5.74, 6) is 1.53. The molecular weight excluding hydrogens is 384 g/mol. The summed E-state index contributed by atoms with van der Waals surface area (Å²) in [6, 6.07) is 15.7. The molecule has 7 heteroatoms. The fraction of sp³-hybridized carbons (Fsp3) is 0.227. The first kappa shape index (κ1) is 19.3. The highest BCUT2D eigenvalue weighted by atomic mass is 32.2. The van der Waals surface area contributed by atoms with Crippen LogP contribution in [0.25, 0.3) is 22.6 Å². The average molecular weight is 407 g/mol. The number of amides is 1. The van der Waals surface area contributed by atoms with Crippen molar-refractivity contribution in [3.05, 3.63) is 59.7 Å². The van der Waals surface area contributed by atoms with Crippen LogP contribution in [0.4, 0.5) is 5.69 Å². The van der Waals surface area contributed by atoms with Crippen molar-refractivity contribution in [3.63, 3.8) is 0 Å². The molecule has 0 spiro atoms. The van der Waals surface area contributed by atoms with E-state index in [1.54, 1.807) is 0 Å². The third-order valence-corrected chi connectivity index (χ3v) is 5.86. The number of nitrogens with zero attached hydrogens (tertiary/aromatic N) is 3. The van der Waals surface area contributed by atoms with Crippen molar-refractivity contribution in [3.8, 4) is 11.6 Å². The molecule has 6 nitrogen and oxygen atoms in total. The van der Waals surface area contributed by atoms with Crippen LogP contribution in [0.2, 0.25) is 0 Å². The van der Waals surface area contributed by atoms with Gasteiger partial charge in [-0.2, -0.15) is 0 Å². The van der Waals surface area contributed by atoms with Crippen molar-refractivity contribution >= 4 is 34.3 Å². The topological polar surface area (TPSA) is 73.0 Å². The maximum atomic E-state index is 12.4. The van der Waals surface area contributed by atoms with Gasteiger partial charge in [0.05, 0.1) is 5.75 Å². The number of fused-ring (bicyclic) bond motifs is 1. The van der Waals surface area contributed by atoms with E-state index >= 15 is 0 Å². The maximum absolute atomic E-state index is 12.4. The first-order valence-corrected chi connectivity index (χ1v) is 10.5. The van der Waals surface area contributed by atoms with Crippen molar-refractivity contribution in [2.75, 3.05) is 11.1 Å². The van der Waals surface area contributed by atoms with Gasteiger partial charge < -0.3 is 9.73 Å². The van der Waals surface area contributed by atoms with Gasteiger partial charge in [-0.25, -0.2) is 0 Å². The summed E-state index contributed by atoms with van der Waals surface area (Å²) in [7, 11) is 0. The van der Waals surface area contributed by atoms with Crippen LogP contribution in [0, 0.1) is 13.8 Å². The van der Waals surface area contributed by atoms with Crippen LogP contribution in [0.1, 0.15) is 18.1 Å². The lowest BCUT2D eigenvalue weighted by molar-refractivity contribution is -0.113. The summed E-state index contributed by atoms with van der Waals surface area (Å²) in [5.41, 5.74) is 3.89. The Balaban J connectivity index is 1.49. The second-order valence-corrected chi connectivity index (χ2v) is 7.73. The Hall–Kier alpha value is -3.06. The Morgan fingerprint density at radius 1 is 1.14 bits per heavy atom. The lowest BCUT2D eigenvalue weighted by Gasteiger charge is -2.10. The first-order valence-electron chi connectivity index (χ1n) is 9.48. The molecule has 2 aromatic carbocycles. The van der Waals surface area contributed by atoms with Gasteiger partial charge in [0, 0.05) is 17.6 Å². The Kier molecular flexibility index (Phi) is 5.40. The van der Waals surface area contributed by atoms with Crippen LogP contribution >= 0.6 is 11.8 Å². The third kappa shape index (κ3) is 3.91. The molecule has 148 valence electrons. The number of benzene rings is 2. The summed E-state index contributed by atoms with van der Waals surface area (Å²) in [6.45, 7) is 6.74. The number of hydrogen-bond donors (Lipinski definition) is 1. The van der Waals surface area contributed by atoms with Crippen molar-refractivity contribution < 1.29 is 9.21 Å². The molecule has 29 heavy (non-hydrogen) atoms. The zero-order valence-electron chi connectivity index (χ0n) is 16.6. The zero-order chi connectivity index (χ0) is 20.4. The monoisotopic (exact) mass is 406 g/mol. The third-order valence-electron chi connectivity index (χ3n) is 4.89. The minimum Gasteiger partial charge on any atom is -0.453 e. The SMILES string of the molecule is CCn1c(SCC(=O)Nc2cccc(C)c2C)nnc1-c1cc2ccccc2o1. The van der Waals surface area contributed by atoms with Crippen molar-refractivity contribution in [1.29, 1.82) is 0 Å². The van der Waals surface area contributed by atoms with Gasteiger partial charge in [0.1, 0.15) is 5.58 Å². The van der Waals surface area contributed by atoms with E-state index in [-0.39, 0.29) is 11.7 Å². The van der Waals surface area contributed by atoms with Crippen molar-refractivity contribution in [2.45, 2.75) is 32.5 Å². The van der Waals surface area contributed by atoms with E-state index in [0.29, 0.717) is 23.3 Å². The van der Waals surface area contributed by atoms with Crippen molar-refractivity contribution in [1.82, 2.24) is 14.8 Å². The van der Waals surface area contributed by atoms with Crippen LogP contribution in [0.3, 0.4) is 0 Å². The van der Waals surface area contributed by atoms with Gasteiger partial charge in [-0.1, -0.05) is 42.1 Å². The van der Waals surface area contributed by atoms with E-state index in [1.165, 1.54) is 11.8 Å². The van der Waals surface area contributed by atoms with Gasteiger partial charge in [-0.15, -0.1) is 10.2 Å². The average Bonchev–Trinajstić information content (AvgIpc) is 3.33. The number of carbonyl (C=O) groups is 1. The number of carbonyl (C=O) groups excluding carboxylic acids is 1. The second kappa shape index (κ2) is 8.13. The predicted octanol–water partition coefficient (Wildman–Crippen LogP) is 5.06. The molecule has 0 bridgehead atoms. The van der Waals surface area contributed by atoms with Crippen LogP contribution in [-0.4, -0.2) is 26.4 Å². The number of para-hydroxylation sites is 1. The number of furan rings is 1. The molecule has 0 radical (unpaired) electrons. The smallest absolute Gasteiger partial charge is 0.234 e. The zero-order valence-corrected chi connectivity index (χ0v) is 17.4. The molecule has 2 aromatic heterocycles. The van der Waals surface area contributed by atoms with E-state index in [1.807, 2.05) is 73.9 Å². The second-order valence-electron chi connectivity index (χ2n) is 6.78. The lowest BCUT2D eigenvalue weighted by atomic mass is 10.1. The fourth-order valence-corrected chi connectivity index (χ4v) is 3.96. The molecule has 0 fully saturated rings. The van der Waals surface area contributed by atoms with Crippen molar-refractivity contribution in [2.24, 2.45) is 0 Å². The number of aromatic nitrogens is 3. The number of aryl methyl sites for hydroxylation is 1. The normalized spacial score (nSPS) is 11.1. The van der Waals surface area contributed by atoms with E-state index in [4.69, 9.17) is 4.42 Å². The van der Waals surface area contributed by atoms with Gasteiger partial charge in [-0.3, -0.25) is 9.36 Å². The van der Waals surface area contributed by atoms with E-state index in [9.17, 15) is 4.79 Å². The van der Waals surface area contributed by atoms with Gasteiger partial charge in [0.2, 0.25) is 11.7 Å². The van der Waals surface area contributed by atoms with Gasteiger partial charge in [0.25, 0.3) is 0 Å². The molecule has 0 atom stereocenters. The van der Waals surface area contributed by atoms with Gasteiger partial charge in [0.15, 0.2) is 10.9 Å². The molecule has 0 aliphatic heterocycles. The molecule has 4 rings (SSSR count). The lowest BCUT2D eigenvalue weighted by Crippen LogP contribution is -2.15. The standard InChI is InChI=1S/C22H22N4O2S/c1-4-26-21(19-12-16-9-5-6-11-18(16)28-19)24-25-22(26)29-13-20(27)23-17-10-7-8-14(2)15(17)3/h5-12H,4,13H2,1-3H3,(H,23,27). The quantitative estimate of drug-likeness (QED) is 0.453. The Morgan fingerprint density at radius 3 is 2.76 bits per heavy atom. The van der Waals surface area contributed by atoms with E-state index in [2.05, 4.69) is 15.5 Å². The molecule has 0 unspecified atom stereocenters. The molecule has 0 saturated carbocycles. The summed E-state index contributed by atoms with van der Waals surface area (Å²) in [4.78, 5) is 12.4. The maximum Gasteiger partial charge on any atom is 0.234 e. The highest BCUT2D eigenvalue weighted by Crippen LogP contribution is 2.29. The Bertz CT molecular complexity index is 1150. The van der Waals surface area contributed by atoms with Crippen LogP contribution in [-0.2, 0) is 11.3 Å². The molecule has 1 amide bonds. The summed E-state index contributed by atoms with van der Waals surface area (Å²) in [5, 5.41) is 13.3. The highest BCUT2D eigenvalue weighted by Gasteiger charge is 2.18. The minimum absolute atomic E-state index is 0.0698. The number of nitrogens with one attached hydrogen (secondary N) is 1. The molecule has 4 aromatic rings. The number of thioether (sulfide) groups is 1. The molecule has 0 saturated heterocycles. The first-order chi connectivity index (χ1) is 14.1.